The number of hydrogen-bond acceptors (Lipinski definition) is 0. The third-order valence-electron chi connectivity index (χ3n) is 2.60. The van der Waals surface area contributed by atoms with Gasteiger partial charge in [-0.2, -0.15) is 0 Å². The molecule has 0 atom stereocenters. The number of hydrogen-bond donors (Lipinski definition) is 0. The molecule has 0 heterocycles. The van der Waals surface area contributed by atoms with Crippen LogP contribution in [0.4, 0.5) is 4.39 Å². The second-order valence-electron chi connectivity index (χ2n) is 3.72. The summed E-state index contributed by atoms with van der Waals surface area (Å²) in [4.78, 5) is 0. The first-order valence-electron chi connectivity index (χ1n) is 4.85. The standard InChI is InChI=1S/C12H10F.Li/c13-12-7-5-11(6-8-12)9-10-3-1-2-4-10;/h1,3,5-8H,2,9H2;. The Morgan fingerprint density at radius 3 is 2.50 bits per heavy atom. The molecule has 0 bridgehead atoms. The summed E-state index contributed by atoms with van der Waals surface area (Å²) in [6, 6.07) is 6.73. The molecule has 0 radical (unpaired) electrons. The van der Waals surface area contributed by atoms with Crippen molar-refractivity contribution in [1.82, 2.24) is 0 Å². The average molecular weight is 180 g/mol. The van der Waals surface area contributed by atoms with Gasteiger partial charge in [0.2, 0.25) is 0 Å². The summed E-state index contributed by atoms with van der Waals surface area (Å²) in [6.45, 7) is 0. The summed E-state index contributed by atoms with van der Waals surface area (Å²) >= 11 is 2.15. The molecule has 0 spiro atoms. The summed E-state index contributed by atoms with van der Waals surface area (Å²) < 4.78 is 14.1. The fourth-order valence-electron chi connectivity index (χ4n) is 1.68. The third kappa shape index (κ3) is 2.18. The molecule has 66 valence electrons. The van der Waals surface area contributed by atoms with Gasteiger partial charge in [-0.05, 0) is 0 Å². The van der Waals surface area contributed by atoms with E-state index in [0.29, 0.717) is 0 Å². The van der Waals surface area contributed by atoms with E-state index in [-0.39, 0.29) is 5.82 Å². The first kappa shape index (κ1) is 9.77. The van der Waals surface area contributed by atoms with Gasteiger partial charge in [-0.3, -0.25) is 0 Å². The van der Waals surface area contributed by atoms with Crippen LogP contribution in [0.3, 0.4) is 0 Å². The van der Waals surface area contributed by atoms with E-state index in [1.54, 1.807) is 0 Å². The molecule has 1 aromatic rings. The number of halogens is 1. The summed E-state index contributed by atoms with van der Waals surface area (Å²) in [5, 5.41) is 0. The molecule has 1 aliphatic rings. The molecule has 0 saturated carbocycles. The fraction of sp³-hybridized carbons (Fsp3) is 0.167. The Balaban J connectivity index is 2.15. The quantitative estimate of drug-likeness (QED) is 0.614. The van der Waals surface area contributed by atoms with Crippen molar-refractivity contribution < 1.29 is 4.39 Å². The van der Waals surface area contributed by atoms with E-state index in [9.17, 15) is 4.39 Å². The Hall–Kier alpha value is -0.773. The maximum atomic E-state index is 12.7. The van der Waals surface area contributed by atoms with Gasteiger partial charge in [0.25, 0.3) is 0 Å². The molecule has 0 fully saturated rings. The molecule has 1 aromatic carbocycles. The van der Waals surface area contributed by atoms with Crippen molar-refractivity contribution in [1.29, 1.82) is 0 Å². The molecular formula is C12H10FLi. The van der Waals surface area contributed by atoms with Crippen molar-refractivity contribution in [2.24, 2.45) is 0 Å². The zero-order chi connectivity index (χ0) is 9.97. The molecule has 2 rings (SSSR count). The molecule has 0 amide bonds. The van der Waals surface area contributed by atoms with Crippen LogP contribution in [0.2, 0.25) is 0 Å². The first-order chi connectivity index (χ1) is 6.75. The Morgan fingerprint density at radius 2 is 1.93 bits per heavy atom. The molecule has 0 aliphatic heterocycles. The molecule has 14 heavy (non-hydrogen) atoms. The van der Waals surface area contributed by atoms with E-state index >= 15 is 0 Å². The van der Waals surface area contributed by atoms with Crippen LogP contribution in [0.25, 0.3) is 0 Å². The summed E-state index contributed by atoms with van der Waals surface area (Å²) in [5.41, 5.74) is 2.55. The van der Waals surface area contributed by atoms with Crippen LogP contribution >= 0.6 is 0 Å². The van der Waals surface area contributed by atoms with Crippen molar-refractivity contribution in [3.05, 3.63) is 57.6 Å². The van der Waals surface area contributed by atoms with E-state index in [0.717, 1.165) is 12.8 Å². The zero-order valence-corrected chi connectivity index (χ0v) is 8.26. The van der Waals surface area contributed by atoms with E-state index in [1.807, 2.05) is 12.1 Å². The Kier molecular flexibility index (Phi) is 2.91. The van der Waals surface area contributed by atoms with Gasteiger partial charge in [-0.1, -0.05) is 0 Å². The Bertz CT molecular complexity index is 387. The van der Waals surface area contributed by atoms with Crippen molar-refractivity contribution in [2.75, 3.05) is 0 Å². The van der Waals surface area contributed by atoms with Gasteiger partial charge in [0.05, 0.1) is 0 Å². The summed E-state index contributed by atoms with van der Waals surface area (Å²) in [6.07, 6.45) is 6.33. The van der Waals surface area contributed by atoms with Crippen LogP contribution in [-0.4, -0.2) is 17.7 Å². The number of allylic oxidation sites excluding steroid dienone is 4. The number of rotatable bonds is 2. The van der Waals surface area contributed by atoms with Crippen LogP contribution < -0.4 is 0 Å². The van der Waals surface area contributed by atoms with Gasteiger partial charge in [-0.25, -0.2) is 0 Å². The summed E-state index contributed by atoms with van der Waals surface area (Å²) in [7, 11) is 0. The van der Waals surface area contributed by atoms with Crippen molar-refractivity contribution >= 4 is 17.7 Å². The molecule has 0 nitrogen and oxygen atoms in total. The van der Waals surface area contributed by atoms with Crippen molar-refractivity contribution in [3.8, 4) is 0 Å². The van der Waals surface area contributed by atoms with Crippen molar-refractivity contribution in [3.63, 3.8) is 0 Å². The fourth-order valence-corrected chi connectivity index (χ4v) is 1.68. The van der Waals surface area contributed by atoms with Gasteiger partial charge in [0.15, 0.2) is 0 Å². The zero-order valence-electron chi connectivity index (χ0n) is 8.26. The van der Waals surface area contributed by atoms with Gasteiger partial charge >= 0.3 is 92.6 Å². The normalized spacial score (nSPS) is 15.4. The molecule has 1 aliphatic carbocycles. The second kappa shape index (κ2) is 4.17. The molecule has 2 heteroatoms. The molecular weight excluding hydrogens is 170 g/mol. The molecule has 0 unspecified atom stereocenters. The van der Waals surface area contributed by atoms with Gasteiger partial charge < -0.3 is 0 Å². The van der Waals surface area contributed by atoms with Crippen LogP contribution in [-0.2, 0) is 6.42 Å². The molecule has 0 saturated heterocycles. The molecule has 0 N–H and O–H groups in total. The third-order valence-corrected chi connectivity index (χ3v) is 2.60. The summed E-state index contributed by atoms with van der Waals surface area (Å²) in [5.74, 6) is -0.165. The van der Waals surface area contributed by atoms with E-state index < -0.39 is 0 Å². The number of benzene rings is 1. The minimum absolute atomic E-state index is 0.165. The predicted molar refractivity (Wildman–Crippen MR) is 56.6 cm³/mol. The van der Waals surface area contributed by atoms with Crippen molar-refractivity contribution in [2.45, 2.75) is 12.8 Å². The van der Waals surface area contributed by atoms with Crippen LogP contribution in [0.5, 0.6) is 0 Å². The van der Waals surface area contributed by atoms with Gasteiger partial charge in [-0.15, -0.1) is 0 Å². The topological polar surface area (TPSA) is 0 Å². The Morgan fingerprint density at radius 1 is 1.21 bits per heavy atom. The monoisotopic (exact) mass is 180 g/mol. The van der Waals surface area contributed by atoms with Crippen LogP contribution in [0, 0.1) is 5.82 Å². The van der Waals surface area contributed by atoms with Gasteiger partial charge in [0.1, 0.15) is 0 Å². The van der Waals surface area contributed by atoms with E-state index in [2.05, 4.69) is 29.9 Å². The Labute approximate surface area is 92.7 Å². The average Bonchev–Trinajstić information content (AvgIpc) is 2.56. The van der Waals surface area contributed by atoms with Gasteiger partial charge in [0, 0.05) is 0 Å². The van der Waals surface area contributed by atoms with E-state index in [4.69, 9.17) is 0 Å². The van der Waals surface area contributed by atoms with Crippen LogP contribution in [0.1, 0.15) is 12.0 Å². The minimum atomic E-state index is -0.165. The predicted octanol–water partition coefficient (Wildman–Crippen LogP) is 2.75. The molecule has 0 aromatic heterocycles. The van der Waals surface area contributed by atoms with E-state index in [1.165, 1.54) is 27.5 Å². The maximum absolute atomic E-state index is 12.7. The second-order valence-corrected chi connectivity index (χ2v) is 3.72. The SMILES string of the molecule is [Li][C]1=C(Cc2ccc(F)cc2)C=CC1. The van der Waals surface area contributed by atoms with Crippen LogP contribution in [0.15, 0.2) is 46.2 Å². The first-order valence-corrected chi connectivity index (χ1v) is 4.85.